The number of aromatic nitrogens is 1. The van der Waals surface area contributed by atoms with Crippen LogP contribution in [0.1, 0.15) is 12.0 Å². The highest BCUT2D eigenvalue weighted by Gasteiger charge is 2.04. The van der Waals surface area contributed by atoms with Crippen molar-refractivity contribution in [3.05, 3.63) is 41.7 Å². The summed E-state index contributed by atoms with van der Waals surface area (Å²) in [7, 11) is 0. The quantitative estimate of drug-likeness (QED) is 0.409. The maximum absolute atomic E-state index is 5.77. The van der Waals surface area contributed by atoms with Crippen molar-refractivity contribution in [1.29, 1.82) is 0 Å². The van der Waals surface area contributed by atoms with E-state index in [0.717, 1.165) is 19.6 Å². The second kappa shape index (κ2) is 8.56. The summed E-state index contributed by atoms with van der Waals surface area (Å²) in [5.74, 6) is 1.20. The number of halogens is 1. The van der Waals surface area contributed by atoms with Crippen LogP contribution in [0.15, 0.2) is 31.0 Å². The van der Waals surface area contributed by atoms with Gasteiger partial charge in [-0.25, -0.2) is 4.98 Å². The minimum Gasteiger partial charge on any atom is -0.295 e. The van der Waals surface area contributed by atoms with Crippen LogP contribution in [-0.2, 0) is 6.54 Å². The van der Waals surface area contributed by atoms with E-state index < -0.39 is 0 Å². The lowest BCUT2D eigenvalue weighted by atomic mass is 10.2. The molecule has 1 aromatic heterocycles. The van der Waals surface area contributed by atoms with Gasteiger partial charge in [-0.05, 0) is 36.6 Å². The molecule has 0 aliphatic carbocycles. The summed E-state index contributed by atoms with van der Waals surface area (Å²) in [6.07, 6.45) is 7.13. The summed E-state index contributed by atoms with van der Waals surface area (Å²) in [5, 5.41) is 0.548. The lowest BCUT2D eigenvalue weighted by Gasteiger charge is -2.20. The first-order valence-electron chi connectivity index (χ1n) is 5.69. The van der Waals surface area contributed by atoms with E-state index >= 15 is 0 Å². The molecule has 0 spiro atoms. The maximum atomic E-state index is 5.77. The smallest absolute Gasteiger partial charge is 0.129 e. The first-order valence-corrected chi connectivity index (χ1v) is 7.46. The monoisotopic (exact) mass is 270 g/mol. The highest BCUT2D eigenvalue weighted by Crippen LogP contribution is 2.09. The fraction of sp³-hybridized carbons (Fsp3) is 0.462. The molecule has 2 nitrogen and oxygen atoms in total. The van der Waals surface area contributed by atoms with Crippen molar-refractivity contribution < 1.29 is 0 Å². The van der Waals surface area contributed by atoms with Gasteiger partial charge in [0.25, 0.3) is 0 Å². The molecule has 94 valence electrons. The SMILES string of the molecule is C=CCN(CCCSC)Cc1ccc(Cl)nc1. The molecule has 1 rings (SSSR count). The Hall–Kier alpha value is -0.510. The molecular weight excluding hydrogens is 252 g/mol. The van der Waals surface area contributed by atoms with E-state index in [1.54, 1.807) is 0 Å². The van der Waals surface area contributed by atoms with Gasteiger partial charge < -0.3 is 0 Å². The van der Waals surface area contributed by atoms with Crippen molar-refractivity contribution in [2.45, 2.75) is 13.0 Å². The van der Waals surface area contributed by atoms with Crippen LogP contribution >= 0.6 is 23.4 Å². The molecule has 0 saturated carbocycles. The van der Waals surface area contributed by atoms with Crippen LogP contribution in [0.2, 0.25) is 5.15 Å². The van der Waals surface area contributed by atoms with E-state index in [1.165, 1.54) is 17.7 Å². The predicted molar refractivity (Wildman–Crippen MR) is 77.7 cm³/mol. The van der Waals surface area contributed by atoms with E-state index in [0.29, 0.717) is 5.15 Å². The van der Waals surface area contributed by atoms with Gasteiger partial charge in [-0.2, -0.15) is 11.8 Å². The highest BCUT2D eigenvalue weighted by molar-refractivity contribution is 7.98. The van der Waals surface area contributed by atoms with Gasteiger partial charge in [0, 0.05) is 19.3 Å². The standard InChI is InChI=1S/C13H19ClN2S/c1-3-7-16(8-4-9-17-2)11-12-5-6-13(14)15-10-12/h3,5-6,10H,1,4,7-9,11H2,2H3. The molecule has 1 heterocycles. The van der Waals surface area contributed by atoms with Crippen molar-refractivity contribution >= 4 is 23.4 Å². The molecule has 0 bridgehead atoms. The number of hydrogen-bond acceptors (Lipinski definition) is 3. The van der Waals surface area contributed by atoms with Gasteiger partial charge in [0.2, 0.25) is 0 Å². The molecule has 0 fully saturated rings. The molecule has 1 aromatic rings. The summed E-state index contributed by atoms with van der Waals surface area (Å²) >= 11 is 7.66. The Morgan fingerprint density at radius 2 is 2.35 bits per heavy atom. The van der Waals surface area contributed by atoms with E-state index in [1.807, 2.05) is 36.2 Å². The van der Waals surface area contributed by atoms with Gasteiger partial charge in [0.1, 0.15) is 5.15 Å². The first-order chi connectivity index (χ1) is 8.26. The minimum atomic E-state index is 0.548. The lowest BCUT2D eigenvalue weighted by molar-refractivity contribution is 0.296. The van der Waals surface area contributed by atoms with E-state index in [2.05, 4.69) is 22.7 Å². The molecule has 0 radical (unpaired) electrons. The molecule has 17 heavy (non-hydrogen) atoms. The summed E-state index contributed by atoms with van der Waals surface area (Å²) in [6.45, 7) is 6.71. The van der Waals surface area contributed by atoms with Crippen molar-refractivity contribution in [3.63, 3.8) is 0 Å². The Labute approximate surface area is 113 Å². The Morgan fingerprint density at radius 1 is 1.53 bits per heavy atom. The molecule has 0 aliphatic rings. The second-order valence-corrected chi connectivity index (χ2v) is 5.23. The van der Waals surface area contributed by atoms with Crippen molar-refractivity contribution in [2.24, 2.45) is 0 Å². The molecule has 0 aromatic carbocycles. The molecule has 4 heteroatoms. The normalized spacial score (nSPS) is 10.8. The number of rotatable bonds is 8. The van der Waals surface area contributed by atoms with Gasteiger partial charge in [0.15, 0.2) is 0 Å². The summed E-state index contributed by atoms with van der Waals surface area (Å²) in [6, 6.07) is 3.87. The Balaban J connectivity index is 2.47. The highest BCUT2D eigenvalue weighted by atomic mass is 35.5. The molecule has 0 atom stereocenters. The van der Waals surface area contributed by atoms with Crippen molar-refractivity contribution in [1.82, 2.24) is 9.88 Å². The average molecular weight is 271 g/mol. The van der Waals surface area contributed by atoms with Gasteiger partial charge in [-0.3, -0.25) is 4.90 Å². The van der Waals surface area contributed by atoms with E-state index in [9.17, 15) is 0 Å². The van der Waals surface area contributed by atoms with Crippen LogP contribution in [0.5, 0.6) is 0 Å². The van der Waals surface area contributed by atoms with Crippen LogP contribution < -0.4 is 0 Å². The topological polar surface area (TPSA) is 16.1 Å². The third kappa shape index (κ3) is 6.10. The van der Waals surface area contributed by atoms with Gasteiger partial charge in [0.05, 0.1) is 0 Å². The largest absolute Gasteiger partial charge is 0.295 e. The first kappa shape index (κ1) is 14.6. The third-order valence-electron chi connectivity index (χ3n) is 2.40. The molecule has 0 saturated heterocycles. The van der Waals surface area contributed by atoms with E-state index in [4.69, 9.17) is 11.6 Å². The van der Waals surface area contributed by atoms with E-state index in [-0.39, 0.29) is 0 Å². The Bertz CT molecular complexity index is 327. The molecular formula is C13H19ClN2S. The maximum Gasteiger partial charge on any atom is 0.129 e. The molecule has 0 unspecified atom stereocenters. The average Bonchev–Trinajstić information content (AvgIpc) is 2.32. The molecule has 0 N–H and O–H groups in total. The number of thioether (sulfide) groups is 1. The fourth-order valence-electron chi connectivity index (χ4n) is 1.61. The van der Waals surface area contributed by atoms with Crippen LogP contribution in [0.4, 0.5) is 0 Å². The zero-order valence-corrected chi connectivity index (χ0v) is 11.8. The van der Waals surface area contributed by atoms with Gasteiger partial charge >= 0.3 is 0 Å². The fourth-order valence-corrected chi connectivity index (χ4v) is 2.14. The zero-order valence-electron chi connectivity index (χ0n) is 10.2. The van der Waals surface area contributed by atoms with Crippen LogP contribution in [0, 0.1) is 0 Å². The van der Waals surface area contributed by atoms with Gasteiger partial charge in [-0.1, -0.05) is 23.7 Å². The van der Waals surface area contributed by atoms with Gasteiger partial charge in [-0.15, -0.1) is 6.58 Å². The second-order valence-electron chi connectivity index (χ2n) is 3.86. The Morgan fingerprint density at radius 3 is 2.94 bits per heavy atom. The third-order valence-corrected chi connectivity index (χ3v) is 3.33. The Kier molecular flexibility index (Phi) is 7.33. The minimum absolute atomic E-state index is 0.548. The summed E-state index contributed by atoms with van der Waals surface area (Å²) in [5.41, 5.74) is 1.19. The number of nitrogens with zero attached hydrogens (tertiary/aromatic N) is 2. The number of pyridine rings is 1. The summed E-state index contributed by atoms with van der Waals surface area (Å²) in [4.78, 5) is 6.47. The summed E-state index contributed by atoms with van der Waals surface area (Å²) < 4.78 is 0. The van der Waals surface area contributed by atoms with Crippen LogP contribution in [-0.4, -0.2) is 35.0 Å². The van der Waals surface area contributed by atoms with Crippen LogP contribution in [0.3, 0.4) is 0 Å². The molecule has 0 amide bonds. The van der Waals surface area contributed by atoms with Crippen LogP contribution in [0.25, 0.3) is 0 Å². The lowest BCUT2D eigenvalue weighted by Crippen LogP contribution is -2.25. The predicted octanol–water partition coefficient (Wildman–Crippen LogP) is 3.48. The molecule has 0 aliphatic heterocycles. The zero-order chi connectivity index (χ0) is 12.5. The van der Waals surface area contributed by atoms with Crippen molar-refractivity contribution in [3.8, 4) is 0 Å². The van der Waals surface area contributed by atoms with Crippen molar-refractivity contribution in [2.75, 3.05) is 25.1 Å². The number of hydrogen-bond donors (Lipinski definition) is 0.